The number of amides is 1. The molecule has 126 valence electrons. The standard InChI is InChI=1S/C17H15Cl2NO4/c1-23-14-4-2-3-13(9-14)20-16(21)10-24-17(22)7-11-5-6-12(18)8-15(11)19/h2-6,8-9H,7,10H2,1H3,(H,20,21). The van der Waals surface area contributed by atoms with Gasteiger partial charge in [-0.3, -0.25) is 9.59 Å². The summed E-state index contributed by atoms with van der Waals surface area (Å²) in [6, 6.07) is 11.7. The van der Waals surface area contributed by atoms with Crippen LogP contribution in [0.3, 0.4) is 0 Å². The number of anilines is 1. The van der Waals surface area contributed by atoms with E-state index in [-0.39, 0.29) is 13.0 Å². The first-order valence-electron chi connectivity index (χ1n) is 7.01. The van der Waals surface area contributed by atoms with Gasteiger partial charge in [0, 0.05) is 21.8 Å². The van der Waals surface area contributed by atoms with Crippen LogP contribution in [-0.2, 0) is 20.7 Å². The summed E-state index contributed by atoms with van der Waals surface area (Å²) in [6.07, 6.45) is -0.0392. The zero-order chi connectivity index (χ0) is 17.5. The van der Waals surface area contributed by atoms with Crippen molar-refractivity contribution in [2.45, 2.75) is 6.42 Å². The molecule has 1 N–H and O–H groups in total. The van der Waals surface area contributed by atoms with E-state index in [1.54, 1.807) is 42.5 Å². The highest BCUT2D eigenvalue weighted by molar-refractivity contribution is 6.35. The number of halogens is 2. The van der Waals surface area contributed by atoms with Gasteiger partial charge in [-0.05, 0) is 29.8 Å². The second kappa shape index (κ2) is 8.57. The highest BCUT2D eigenvalue weighted by Gasteiger charge is 2.11. The number of benzene rings is 2. The third-order valence-electron chi connectivity index (χ3n) is 3.07. The minimum absolute atomic E-state index is 0.0392. The fourth-order valence-electron chi connectivity index (χ4n) is 1.92. The van der Waals surface area contributed by atoms with Crippen molar-refractivity contribution in [3.8, 4) is 5.75 Å². The van der Waals surface area contributed by atoms with Crippen molar-refractivity contribution in [1.29, 1.82) is 0 Å². The van der Waals surface area contributed by atoms with Crippen molar-refractivity contribution in [3.05, 3.63) is 58.1 Å². The Labute approximate surface area is 149 Å². The number of methoxy groups -OCH3 is 1. The van der Waals surface area contributed by atoms with Gasteiger partial charge in [0.25, 0.3) is 5.91 Å². The largest absolute Gasteiger partial charge is 0.497 e. The summed E-state index contributed by atoms with van der Waals surface area (Å²) in [5, 5.41) is 3.47. The smallest absolute Gasteiger partial charge is 0.310 e. The molecule has 0 atom stereocenters. The van der Waals surface area contributed by atoms with Crippen molar-refractivity contribution in [2.24, 2.45) is 0 Å². The molecule has 0 saturated carbocycles. The molecule has 0 radical (unpaired) electrons. The number of ether oxygens (including phenoxy) is 2. The lowest BCUT2D eigenvalue weighted by Gasteiger charge is -2.08. The zero-order valence-corrected chi connectivity index (χ0v) is 14.4. The van der Waals surface area contributed by atoms with Crippen LogP contribution in [0.5, 0.6) is 5.75 Å². The van der Waals surface area contributed by atoms with Gasteiger partial charge in [-0.15, -0.1) is 0 Å². The third kappa shape index (κ3) is 5.44. The Balaban J connectivity index is 1.83. The fourth-order valence-corrected chi connectivity index (χ4v) is 2.39. The molecule has 0 fully saturated rings. The predicted molar refractivity (Wildman–Crippen MR) is 92.7 cm³/mol. The number of hydrogen-bond donors (Lipinski definition) is 1. The minimum Gasteiger partial charge on any atom is -0.497 e. The van der Waals surface area contributed by atoms with E-state index in [9.17, 15) is 9.59 Å². The summed E-state index contributed by atoms with van der Waals surface area (Å²) < 4.78 is 10.0. The summed E-state index contributed by atoms with van der Waals surface area (Å²) in [5.74, 6) is -0.388. The van der Waals surface area contributed by atoms with E-state index in [0.717, 1.165) is 0 Å². The van der Waals surface area contributed by atoms with E-state index in [0.29, 0.717) is 27.0 Å². The molecular weight excluding hydrogens is 353 g/mol. The van der Waals surface area contributed by atoms with Crippen LogP contribution in [0.25, 0.3) is 0 Å². The monoisotopic (exact) mass is 367 g/mol. The Bertz CT molecular complexity index is 749. The molecule has 0 bridgehead atoms. The van der Waals surface area contributed by atoms with Crippen LogP contribution in [0.1, 0.15) is 5.56 Å². The first-order valence-corrected chi connectivity index (χ1v) is 7.77. The highest BCUT2D eigenvalue weighted by atomic mass is 35.5. The van der Waals surface area contributed by atoms with Crippen molar-refractivity contribution >= 4 is 40.8 Å². The Morgan fingerprint density at radius 1 is 1.12 bits per heavy atom. The van der Waals surface area contributed by atoms with E-state index in [1.165, 1.54) is 7.11 Å². The number of esters is 1. The van der Waals surface area contributed by atoms with Gasteiger partial charge in [0.05, 0.1) is 13.5 Å². The molecule has 7 heteroatoms. The lowest BCUT2D eigenvalue weighted by molar-refractivity contribution is -0.146. The number of carbonyl (C=O) groups excluding carboxylic acids is 2. The molecule has 0 aliphatic heterocycles. The van der Waals surface area contributed by atoms with Crippen LogP contribution < -0.4 is 10.1 Å². The zero-order valence-electron chi connectivity index (χ0n) is 12.8. The summed E-state index contributed by atoms with van der Waals surface area (Å²) in [6.45, 7) is -0.388. The average molecular weight is 368 g/mol. The lowest BCUT2D eigenvalue weighted by atomic mass is 10.1. The van der Waals surface area contributed by atoms with E-state index in [4.69, 9.17) is 32.7 Å². The molecule has 2 rings (SSSR count). The van der Waals surface area contributed by atoms with Crippen LogP contribution in [0.2, 0.25) is 10.0 Å². The van der Waals surface area contributed by atoms with Crippen molar-refractivity contribution in [1.82, 2.24) is 0 Å². The number of nitrogens with one attached hydrogen (secondary N) is 1. The quantitative estimate of drug-likeness (QED) is 0.790. The van der Waals surface area contributed by atoms with Gasteiger partial charge in [-0.2, -0.15) is 0 Å². The van der Waals surface area contributed by atoms with Crippen molar-refractivity contribution < 1.29 is 19.1 Å². The maximum Gasteiger partial charge on any atom is 0.310 e. The number of hydrogen-bond acceptors (Lipinski definition) is 4. The molecule has 0 aliphatic carbocycles. The summed E-state index contributed by atoms with van der Waals surface area (Å²) in [7, 11) is 1.53. The molecule has 0 unspecified atom stereocenters. The van der Waals surface area contributed by atoms with Gasteiger partial charge in [0.15, 0.2) is 6.61 Å². The van der Waals surface area contributed by atoms with E-state index in [2.05, 4.69) is 5.32 Å². The highest BCUT2D eigenvalue weighted by Crippen LogP contribution is 2.21. The molecule has 1 amide bonds. The van der Waals surface area contributed by atoms with Crippen LogP contribution in [0, 0.1) is 0 Å². The van der Waals surface area contributed by atoms with Gasteiger partial charge in [-0.1, -0.05) is 35.3 Å². The molecule has 24 heavy (non-hydrogen) atoms. The Kier molecular flexibility index (Phi) is 6.46. The molecule has 0 heterocycles. The molecular formula is C17H15Cl2NO4. The molecule has 2 aromatic rings. The molecule has 0 saturated heterocycles. The first kappa shape index (κ1) is 18.1. The molecule has 5 nitrogen and oxygen atoms in total. The van der Waals surface area contributed by atoms with Gasteiger partial charge >= 0.3 is 5.97 Å². The summed E-state index contributed by atoms with van der Waals surface area (Å²) >= 11 is 11.8. The SMILES string of the molecule is COc1cccc(NC(=O)COC(=O)Cc2ccc(Cl)cc2Cl)c1. The Morgan fingerprint density at radius 3 is 2.62 bits per heavy atom. The second-order valence-electron chi connectivity index (χ2n) is 4.85. The van der Waals surface area contributed by atoms with Crippen LogP contribution in [0.4, 0.5) is 5.69 Å². The molecule has 0 aromatic heterocycles. The maximum atomic E-state index is 11.8. The second-order valence-corrected chi connectivity index (χ2v) is 5.70. The topological polar surface area (TPSA) is 64.6 Å². The van der Waals surface area contributed by atoms with Crippen molar-refractivity contribution in [3.63, 3.8) is 0 Å². The van der Waals surface area contributed by atoms with Crippen LogP contribution in [-0.4, -0.2) is 25.6 Å². The van der Waals surface area contributed by atoms with Crippen molar-refractivity contribution in [2.75, 3.05) is 19.0 Å². The van der Waals surface area contributed by atoms with E-state index >= 15 is 0 Å². The Morgan fingerprint density at radius 2 is 1.92 bits per heavy atom. The summed E-state index contributed by atoms with van der Waals surface area (Å²) in [5.41, 5.74) is 1.13. The number of rotatable bonds is 6. The molecule has 2 aromatic carbocycles. The van der Waals surface area contributed by atoms with Gasteiger partial charge in [-0.25, -0.2) is 0 Å². The summed E-state index contributed by atoms with van der Waals surface area (Å²) in [4.78, 5) is 23.6. The van der Waals surface area contributed by atoms with Gasteiger partial charge < -0.3 is 14.8 Å². The normalized spacial score (nSPS) is 10.1. The van der Waals surface area contributed by atoms with Gasteiger partial charge in [0.1, 0.15) is 5.75 Å². The maximum absolute atomic E-state index is 11.8. The fraction of sp³-hybridized carbons (Fsp3) is 0.176. The first-order chi connectivity index (χ1) is 11.5. The molecule has 0 spiro atoms. The average Bonchev–Trinajstić information content (AvgIpc) is 2.56. The van der Waals surface area contributed by atoms with Crippen LogP contribution >= 0.6 is 23.2 Å². The van der Waals surface area contributed by atoms with Crippen LogP contribution in [0.15, 0.2) is 42.5 Å². The lowest BCUT2D eigenvalue weighted by Crippen LogP contribution is -2.21. The minimum atomic E-state index is -0.556. The molecule has 0 aliphatic rings. The van der Waals surface area contributed by atoms with Gasteiger partial charge in [0.2, 0.25) is 0 Å². The third-order valence-corrected chi connectivity index (χ3v) is 3.65. The number of carbonyl (C=O) groups is 2. The Hall–Kier alpha value is -2.24. The predicted octanol–water partition coefficient (Wildman–Crippen LogP) is 3.73. The van der Waals surface area contributed by atoms with E-state index in [1.807, 2.05) is 0 Å². The van der Waals surface area contributed by atoms with E-state index < -0.39 is 11.9 Å².